The lowest BCUT2D eigenvalue weighted by Crippen LogP contribution is -2.08. The average Bonchev–Trinajstić information content (AvgIpc) is 1.85. The number of hydrogen-bond acceptors (Lipinski definition) is 1. The molecular weight excluding hydrogens is 146 g/mol. The van der Waals surface area contributed by atoms with Crippen LogP contribution in [0.3, 0.4) is 0 Å². The molecule has 0 fully saturated rings. The number of nitrogens with zero attached hydrogens (tertiary/aromatic N) is 1. The van der Waals surface area contributed by atoms with Crippen molar-refractivity contribution in [2.75, 3.05) is 0 Å². The van der Waals surface area contributed by atoms with Gasteiger partial charge in [-0.2, -0.15) is 0 Å². The van der Waals surface area contributed by atoms with Crippen LogP contribution in [-0.4, -0.2) is 6.72 Å². The van der Waals surface area contributed by atoms with Crippen LogP contribution in [0, 0.1) is 5.41 Å². The lowest BCUT2D eigenvalue weighted by atomic mass is 9.89. The molecule has 0 atom stereocenters. The Balaban J connectivity index is 5.00. The van der Waals surface area contributed by atoms with Crippen LogP contribution in [0.25, 0.3) is 0 Å². The van der Waals surface area contributed by atoms with Crippen LogP contribution in [0.15, 0.2) is 28.4 Å². The molecule has 0 aromatic rings. The van der Waals surface area contributed by atoms with E-state index in [2.05, 4.69) is 45.5 Å². The van der Waals surface area contributed by atoms with Crippen molar-refractivity contribution in [3.63, 3.8) is 0 Å². The summed E-state index contributed by atoms with van der Waals surface area (Å²) in [5.41, 5.74) is 2.35. The zero-order valence-electron chi connectivity index (χ0n) is 8.81. The van der Waals surface area contributed by atoms with Gasteiger partial charge >= 0.3 is 0 Å². The molecule has 0 amide bonds. The lowest BCUT2D eigenvalue weighted by molar-refractivity contribution is 0.495. The summed E-state index contributed by atoms with van der Waals surface area (Å²) in [4.78, 5) is 4.06. The summed E-state index contributed by atoms with van der Waals surface area (Å²) < 4.78 is 0. The van der Waals surface area contributed by atoms with E-state index in [0.717, 1.165) is 5.70 Å². The van der Waals surface area contributed by atoms with Crippen molar-refractivity contribution < 1.29 is 0 Å². The van der Waals surface area contributed by atoms with Gasteiger partial charge in [0.2, 0.25) is 0 Å². The fraction of sp³-hybridized carbons (Fsp3) is 0.545. The molecule has 0 bridgehead atoms. The topological polar surface area (TPSA) is 12.4 Å². The van der Waals surface area contributed by atoms with Crippen LogP contribution in [-0.2, 0) is 0 Å². The van der Waals surface area contributed by atoms with Crippen molar-refractivity contribution in [1.29, 1.82) is 0 Å². The first-order chi connectivity index (χ1) is 5.43. The first kappa shape index (κ1) is 11.2. The molecule has 0 heterocycles. The molecule has 1 nitrogen and oxygen atoms in total. The largest absolute Gasteiger partial charge is 0.268 e. The zero-order valence-corrected chi connectivity index (χ0v) is 8.81. The zero-order chi connectivity index (χ0) is 9.78. The maximum absolute atomic E-state index is 4.06. The molecule has 0 aromatic heterocycles. The Kier molecular flexibility index (Phi) is 3.94. The molecule has 0 aromatic carbocycles. The molecular formula is C11H19N. The fourth-order valence-corrected chi connectivity index (χ4v) is 1.28. The smallest absolute Gasteiger partial charge is 0.0478 e. The second-order valence-electron chi connectivity index (χ2n) is 3.94. The Morgan fingerprint density at radius 3 is 2.08 bits per heavy atom. The highest BCUT2D eigenvalue weighted by molar-refractivity contribution is 5.35. The van der Waals surface area contributed by atoms with Gasteiger partial charge in [0, 0.05) is 11.1 Å². The molecule has 0 spiro atoms. The van der Waals surface area contributed by atoms with Gasteiger partial charge < -0.3 is 0 Å². The minimum Gasteiger partial charge on any atom is -0.268 e. The number of hydrogen-bond donors (Lipinski definition) is 0. The van der Waals surface area contributed by atoms with Crippen LogP contribution < -0.4 is 0 Å². The summed E-state index contributed by atoms with van der Waals surface area (Å²) in [6, 6.07) is 0. The molecule has 0 saturated heterocycles. The van der Waals surface area contributed by atoms with E-state index in [4.69, 9.17) is 0 Å². The Labute approximate surface area is 75.9 Å². The molecule has 0 N–H and O–H groups in total. The standard InChI is InChI=1S/C11H19N/c1-7-8-9(2)10(12-6)11(3,4)5/h7-8H,6H2,1-5H3/b8-7-,10-9-. The highest BCUT2D eigenvalue weighted by Crippen LogP contribution is 2.28. The van der Waals surface area contributed by atoms with E-state index in [1.54, 1.807) is 0 Å². The van der Waals surface area contributed by atoms with E-state index in [1.807, 2.05) is 13.0 Å². The predicted molar refractivity (Wildman–Crippen MR) is 56.5 cm³/mol. The monoisotopic (exact) mass is 165 g/mol. The molecule has 0 saturated carbocycles. The van der Waals surface area contributed by atoms with Crippen molar-refractivity contribution in [2.45, 2.75) is 34.6 Å². The molecule has 0 radical (unpaired) electrons. The third-order valence-electron chi connectivity index (χ3n) is 1.66. The summed E-state index contributed by atoms with van der Waals surface area (Å²) in [6.45, 7) is 14.1. The van der Waals surface area contributed by atoms with Gasteiger partial charge in [-0.15, -0.1) is 0 Å². The van der Waals surface area contributed by atoms with Gasteiger partial charge in [0.25, 0.3) is 0 Å². The minimum absolute atomic E-state index is 0.0886. The molecule has 0 unspecified atom stereocenters. The van der Waals surface area contributed by atoms with Crippen molar-refractivity contribution in [3.8, 4) is 0 Å². The van der Waals surface area contributed by atoms with E-state index < -0.39 is 0 Å². The molecule has 68 valence electrons. The van der Waals surface area contributed by atoms with Gasteiger partial charge in [0.1, 0.15) is 0 Å². The lowest BCUT2D eigenvalue weighted by Gasteiger charge is -2.20. The summed E-state index contributed by atoms with van der Waals surface area (Å²) in [5.74, 6) is 0. The maximum atomic E-state index is 4.06. The molecule has 0 aliphatic rings. The van der Waals surface area contributed by atoms with Crippen LogP contribution in [0.5, 0.6) is 0 Å². The van der Waals surface area contributed by atoms with Gasteiger partial charge in [0.05, 0.1) is 0 Å². The maximum Gasteiger partial charge on any atom is 0.0478 e. The van der Waals surface area contributed by atoms with Crippen LogP contribution in [0.2, 0.25) is 0 Å². The normalized spacial score (nSPS) is 14.8. The van der Waals surface area contributed by atoms with Gasteiger partial charge in [0.15, 0.2) is 0 Å². The van der Waals surface area contributed by atoms with Crippen molar-refractivity contribution in [2.24, 2.45) is 10.4 Å². The van der Waals surface area contributed by atoms with Crippen molar-refractivity contribution in [1.82, 2.24) is 0 Å². The van der Waals surface area contributed by atoms with Gasteiger partial charge in [-0.25, -0.2) is 0 Å². The molecule has 0 aliphatic carbocycles. The van der Waals surface area contributed by atoms with E-state index in [1.165, 1.54) is 5.57 Å². The second kappa shape index (κ2) is 4.24. The highest BCUT2D eigenvalue weighted by atomic mass is 14.7. The van der Waals surface area contributed by atoms with E-state index in [-0.39, 0.29) is 5.41 Å². The van der Waals surface area contributed by atoms with Crippen LogP contribution in [0.4, 0.5) is 0 Å². The Morgan fingerprint density at radius 1 is 1.33 bits per heavy atom. The SMILES string of the molecule is C=N/C(=C(C)\C=C/C)C(C)(C)C. The predicted octanol–water partition coefficient (Wildman–Crippen LogP) is 3.58. The first-order valence-corrected chi connectivity index (χ1v) is 4.24. The van der Waals surface area contributed by atoms with Crippen molar-refractivity contribution in [3.05, 3.63) is 23.4 Å². The number of rotatable bonds is 2. The summed E-state index contributed by atoms with van der Waals surface area (Å²) in [6.07, 6.45) is 4.08. The Hall–Kier alpha value is -0.850. The summed E-state index contributed by atoms with van der Waals surface area (Å²) in [5, 5.41) is 0. The Morgan fingerprint density at radius 2 is 1.83 bits per heavy atom. The summed E-state index contributed by atoms with van der Waals surface area (Å²) >= 11 is 0. The summed E-state index contributed by atoms with van der Waals surface area (Å²) in [7, 11) is 0. The third-order valence-corrected chi connectivity index (χ3v) is 1.66. The van der Waals surface area contributed by atoms with Gasteiger partial charge in [-0.05, 0) is 26.1 Å². The van der Waals surface area contributed by atoms with Crippen LogP contribution in [0.1, 0.15) is 34.6 Å². The second-order valence-corrected chi connectivity index (χ2v) is 3.94. The molecule has 0 rings (SSSR count). The first-order valence-electron chi connectivity index (χ1n) is 4.24. The molecule has 12 heavy (non-hydrogen) atoms. The van der Waals surface area contributed by atoms with Crippen molar-refractivity contribution >= 4 is 6.72 Å². The molecule has 0 aliphatic heterocycles. The van der Waals surface area contributed by atoms with E-state index in [0.29, 0.717) is 0 Å². The van der Waals surface area contributed by atoms with Gasteiger partial charge in [-0.1, -0.05) is 32.9 Å². The highest BCUT2D eigenvalue weighted by Gasteiger charge is 2.17. The van der Waals surface area contributed by atoms with Crippen LogP contribution >= 0.6 is 0 Å². The fourth-order valence-electron chi connectivity index (χ4n) is 1.28. The number of aliphatic imine (C=N–C) groups is 1. The third kappa shape index (κ3) is 3.04. The number of allylic oxidation sites excluding steroid dienone is 4. The molecule has 1 heteroatoms. The Bertz CT molecular complexity index is 214. The van der Waals surface area contributed by atoms with E-state index in [9.17, 15) is 0 Å². The van der Waals surface area contributed by atoms with Gasteiger partial charge in [-0.3, -0.25) is 4.99 Å². The van der Waals surface area contributed by atoms with E-state index >= 15 is 0 Å². The average molecular weight is 165 g/mol. The quantitative estimate of drug-likeness (QED) is 0.438. The minimum atomic E-state index is 0.0886.